The van der Waals surface area contributed by atoms with Gasteiger partial charge >= 0.3 is 6.03 Å². The molecule has 35 heavy (non-hydrogen) atoms. The monoisotopic (exact) mass is 466 g/mol. The van der Waals surface area contributed by atoms with Crippen LogP contribution in [0.5, 0.6) is 5.75 Å². The van der Waals surface area contributed by atoms with Crippen molar-refractivity contribution in [2.75, 3.05) is 25.5 Å². The third kappa shape index (κ3) is 4.03. The van der Waals surface area contributed by atoms with Gasteiger partial charge in [-0.05, 0) is 73.6 Å². The van der Waals surface area contributed by atoms with E-state index in [4.69, 9.17) is 9.72 Å². The molecule has 0 radical (unpaired) electrons. The van der Waals surface area contributed by atoms with Crippen LogP contribution in [0.3, 0.4) is 0 Å². The van der Waals surface area contributed by atoms with E-state index in [1.165, 1.54) is 11.1 Å². The highest BCUT2D eigenvalue weighted by molar-refractivity contribution is 5.90. The Morgan fingerprint density at radius 3 is 2.89 bits per heavy atom. The molecule has 4 aromatic rings. The number of carbonyl (C=O) groups excluding carboxylic acids is 1. The average molecular weight is 467 g/mol. The number of carbonyl (C=O) groups is 1. The molecule has 0 saturated carbocycles. The summed E-state index contributed by atoms with van der Waals surface area (Å²) < 4.78 is 7.63. The number of aryl methyl sites for hydroxylation is 1. The molecule has 6 rings (SSSR count). The molecule has 1 atom stereocenters. The summed E-state index contributed by atoms with van der Waals surface area (Å²) in [6, 6.07) is 20.5. The predicted molar refractivity (Wildman–Crippen MR) is 138 cm³/mol. The number of likely N-dealkylation sites (tertiary alicyclic amines) is 1. The molecule has 0 unspecified atom stereocenters. The number of amides is 2. The summed E-state index contributed by atoms with van der Waals surface area (Å²) in [5.41, 5.74) is 6.68. The first-order chi connectivity index (χ1) is 17.2. The first-order valence-electron chi connectivity index (χ1n) is 12.5. The highest BCUT2D eigenvalue weighted by Crippen LogP contribution is 2.34. The molecule has 1 fully saturated rings. The summed E-state index contributed by atoms with van der Waals surface area (Å²) in [7, 11) is 1.68. The number of methoxy groups -OCH3 is 1. The Labute approximate surface area is 205 Å². The van der Waals surface area contributed by atoms with Crippen LogP contribution in [-0.2, 0) is 12.8 Å². The summed E-state index contributed by atoms with van der Waals surface area (Å²) >= 11 is 0. The Kier molecular flexibility index (Phi) is 5.64. The molecule has 2 aromatic heterocycles. The van der Waals surface area contributed by atoms with E-state index in [1.54, 1.807) is 7.11 Å². The Hall–Kier alpha value is -3.80. The topological polar surface area (TPSA) is 58.9 Å². The van der Waals surface area contributed by atoms with Gasteiger partial charge in [0.2, 0.25) is 0 Å². The fourth-order valence-electron chi connectivity index (χ4n) is 5.64. The number of piperidine rings is 1. The molecule has 3 heterocycles. The van der Waals surface area contributed by atoms with Crippen molar-refractivity contribution in [1.29, 1.82) is 0 Å². The largest absolute Gasteiger partial charge is 0.497 e. The maximum atomic E-state index is 13.3. The third-order valence-electron chi connectivity index (χ3n) is 7.38. The maximum Gasteiger partial charge on any atom is 0.321 e. The van der Waals surface area contributed by atoms with Gasteiger partial charge in [0.05, 0.1) is 18.3 Å². The molecule has 0 spiro atoms. The molecular weight excluding hydrogens is 436 g/mol. The van der Waals surface area contributed by atoms with Gasteiger partial charge in [0.15, 0.2) is 0 Å². The van der Waals surface area contributed by atoms with Crippen molar-refractivity contribution in [3.05, 3.63) is 83.8 Å². The minimum Gasteiger partial charge on any atom is -0.497 e. The number of imidazole rings is 1. The fourth-order valence-corrected chi connectivity index (χ4v) is 5.64. The van der Waals surface area contributed by atoms with Crippen LogP contribution in [0.4, 0.5) is 10.5 Å². The summed E-state index contributed by atoms with van der Waals surface area (Å²) in [4.78, 5) is 20.4. The molecule has 1 saturated heterocycles. The second-order valence-electron chi connectivity index (χ2n) is 9.52. The van der Waals surface area contributed by atoms with Crippen molar-refractivity contribution >= 4 is 17.2 Å². The average Bonchev–Trinajstić information content (AvgIpc) is 3.55. The number of rotatable bonds is 4. The van der Waals surface area contributed by atoms with E-state index < -0.39 is 0 Å². The van der Waals surface area contributed by atoms with Gasteiger partial charge in [-0.2, -0.15) is 0 Å². The lowest BCUT2D eigenvalue weighted by Gasteiger charge is -2.32. The lowest BCUT2D eigenvalue weighted by atomic mass is 9.97. The maximum absolute atomic E-state index is 13.3. The zero-order valence-electron chi connectivity index (χ0n) is 20.0. The highest BCUT2D eigenvalue weighted by atomic mass is 16.5. The summed E-state index contributed by atoms with van der Waals surface area (Å²) in [6.45, 7) is 1.43. The summed E-state index contributed by atoms with van der Waals surface area (Å²) in [6.07, 6.45) is 7.36. The molecule has 178 valence electrons. The quantitative estimate of drug-likeness (QED) is 0.407. The van der Waals surface area contributed by atoms with Crippen LogP contribution in [-0.4, -0.2) is 40.5 Å². The molecule has 2 aromatic carbocycles. The number of hydrogen-bond acceptors (Lipinski definition) is 3. The molecule has 2 aliphatic rings. The summed E-state index contributed by atoms with van der Waals surface area (Å²) in [5.74, 6) is 2.00. The highest BCUT2D eigenvalue weighted by Gasteiger charge is 2.29. The lowest BCUT2D eigenvalue weighted by molar-refractivity contribution is 0.191. The molecule has 0 bridgehead atoms. The lowest BCUT2D eigenvalue weighted by Crippen LogP contribution is -2.42. The standard InChI is InChI=1S/C29H30N4O2/c1-35-23-12-4-10-21(18-23)27-26-15-2-3-17-33(26)28(31-27)22-11-7-16-32(19-22)29(34)30-25-14-6-9-20-8-5-13-24(20)25/h2-4,6,9-10,12,14-15,17-18,22H,5,7-8,11,13,16,19H2,1H3,(H,30,34)/t22-/m1/s1. The van der Waals surface area contributed by atoms with Crippen LogP contribution in [0.2, 0.25) is 0 Å². The van der Waals surface area contributed by atoms with Crippen molar-refractivity contribution in [3.63, 3.8) is 0 Å². The predicted octanol–water partition coefficient (Wildman–Crippen LogP) is 5.91. The van der Waals surface area contributed by atoms with Gasteiger partial charge in [-0.1, -0.05) is 30.3 Å². The minimum atomic E-state index is -0.0103. The molecule has 6 heteroatoms. The van der Waals surface area contributed by atoms with Crippen molar-refractivity contribution in [3.8, 4) is 17.0 Å². The Bertz CT molecular complexity index is 1390. The van der Waals surface area contributed by atoms with Crippen LogP contribution >= 0.6 is 0 Å². The number of hydrogen-bond donors (Lipinski definition) is 1. The smallest absolute Gasteiger partial charge is 0.321 e. The van der Waals surface area contributed by atoms with E-state index in [0.29, 0.717) is 6.54 Å². The number of pyridine rings is 1. The number of anilines is 1. The van der Waals surface area contributed by atoms with E-state index >= 15 is 0 Å². The zero-order chi connectivity index (χ0) is 23.8. The number of urea groups is 1. The third-order valence-corrected chi connectivity index (χ3v) is 7.38. The Morgan fingerprint density at radius 1 is 1.06 bits per heavy atom. The van der Waals surface area contributed by atoms with Crippen molar-refractivity contribution in [2.45, 2.75) is 38.0 Å². The SMILES string of the molecule is COc1cccc(-c2nc([C@@H]3CCCN(C(=O)Nc4cccc5c4CCC5)C3)n3ccccc23)c1. The van der Waals surface area contributed by atoms with Crippen LogP contribution in [0.15, 0.2) is 66.9 Å². The van der Waals surface area contributed by atoms with Crippen LogP contribution in [0.25, 0.3) is 16.8 Å². The van der Waals surface area contributed by atoms with Crippen LogP contribution in [0.1, 0.15) is 42.1 Å². The zero-order valence-corrected chi connectivity index (χ0v) is 20.0. The molecule has 6 nitrogen and oxygen atoms in total. The van der Waals surface area contributed by atoms with E-state index in [1.807, 2.05) is 41.3 Å². The van der Waals surface area contributed by atoms with Crippen LogP contribution < -0.4 is 10.1 Å². The Morgan fingerprint density at radius 2 is 1.97 bits per heavy atom. The van der Waals surface area contributed by atoms with E-state index in [-0.39, 0.29) is 11.9 Å². The molecule has 1 aliphatic carbocycles. The van der Waals surface area contributed by atoms with E-state index in [0.717, 1.165) is 72.7 Å². The molecule has 1 N–H and O–H groups in total. The number of nitrogens with one attached hydrogen (secondary N) is 1. The van der Waals surface area contributed by atoms with Crippen molar-refractivity contribution < 1.29 is 9.53 Å². The van der Waals surface area contributed by atoms with Crippen LogP contribution in [0, 0.1) is 0 Å². The van der Waals surface area contributed by atoms with Crippen molar-refractivity contribution in [1.82, 2.24) is 14.3 Å². The van der Waals surface area contributed by atoms with E-state index in [9.17, 15) is 4.79 Å². The second-order valence-corrected chi connectivity index (χ2v) is 9.52. The summed E-state index contributed by atoms with van der Waals surface area (Å²) in [5, 5.41) is 3.21. The van der Waals surface area contributed by atoms with E-state index in [2.05, 4.69) is 40.2 Å². The van der Waals surface area contributed by atoms with Crippen molar-refractivity contribution in [2.24, 2.45) is 0 Å². The number of benzene rings is 2. The van der Waals surface area contributed by atoms with Gasteiger partial charge in [0.25, 0.3) is 0 Å². The molecule has 1 aliphatic heterocycles. The first-order valence-corrected chi connectivity index (χ1v) is 12.5. The number of aromatic nitrogens is 2. The number of nitrogens with zero attached hydrogens (tertiary/aromatic N) is 3. The number of ether oxygens (including phenoxy) is 1. The number of fused-ring (bicyclic) bond motifs is 2. The second kappa shape index (κ2) is 9.10. The normalized spacial score (nSPS) is 17.4. The van der Waals surface area contributed by atoms with Gasteiger partial charge < -0.3 is 19.4 Å². The molecular formula is C29H30N4O2. The van der Waals surface area contributed by atoms with Gasteiger partial charge in [-0.15, -0.1) is 0 Å². The van der Waals surface area contributed by atoms with Gasteiger partial charge in [-0.25, -0.2) is 9.78 Å². The van der Waals surface area contributed by atoms with Gasteiger partial charge in [-0.3, -0.25) is 0 Å². The first kappa shape index (κ1) is 21.7. The molecule has 2 amide bonds. The minimum absolute atomic E-state index is 0.0103. The Balaban J connectivity index is 1.28. The van der Waals surface area contributed by atoms with Gasteiger partial charge in [0.1, 0.15) is 11.6 Å². The fraction of sp³-hybridized carbons (Fsp3) is 0.310. The van der Waals surface area contributed by atoms with Gasteiger partial charge in [0, 0.05) is 36.5 Å².